The molecule has 0 N–H and O–H groups in total. The van der Waals surface area contributed by atoms with Gasteiger partial charge in [0.15, 0.2) is 0 Å². The van der Waals surface area contributed by atoms with Gasteiger partial charge in [-0.25, -0.2) is 0 Å². The molecular weight excluding hydrogens is 432 g/mol. The average molecular weight is 453 g/mol. The molecule has 1 aliphatic heterocycles. The highest BCUT2D eigenvalue weighted by atomic mass is 79.9. The molecule has 29 heavy (non-hydrogen) atoms. The molecule has 0 spiro atoms. The van der Waals surface area contributed by atoms with E-state index in [9.17, 15) is 9.59 Å². The summed E-state index contributed by atoms with van der Waals surface area (Å²) in [5.41, 5.74) is 1.95. The molecule has 0 bridgehead atoms. The van der Waals surface area contributed by atoms with Crippen LogP contribution >= 0.6 is 15.9 Å². The van der Waals surface area contributed by atoms with E-state index in [-0.39, 0.29) is 23.1 Å². The molecule has 0 aliphatic carbocycles. The van der Waals surface area contributed by atoms with Crippen molar-refractivity contribution in [3.8, 4) is 0 Å². The summed E-state index contributed by atoms with van der Waals surface area (Å²) in [6.45, 7) is 1.77. The second kappa shape index (κ2) is 8.76. The molecule has 1 unspecified atom stereocenters. The lowest BCUT2D eigenvalue weighted by Gasteiger charge is -2.33. The molecule has 0 saturated carbocycles. The molecule has 1 amide bonds. The standard InChI is InChI=1S/C23H21BrN2O3/c24-19-10-8-18(9-11-19)21-16-26(13-14-29-21)23(28)20-7-4-12-25(22(20)27)15-17-5-2-1-3-6-17/h1-12,21H,13-16H2. The molecule has 1 fully saturated rings. The van der Waals surface area contributed by atoms with Gasteiger partial charge in [0.05, 0.1) is 19.7 Å². The van der Waals surface area contributed by atoms with E-state index in [2.05, 4.69) is 15.9 Å². The molecular formula is C23H21BrN2O3. The third-order valence-corrected chi connectivity index (χ3v) is 5.57. The first kappa shape index (κ1) is 19.6. The Morgan fingerprint density at radius 2 is 1.79 bits per heavy atom. The van der Waals surface area contributed by atoms with Crippen molar-refractivity contribution < 1.29 is 9.53 Å². The fourth-order valence-corrected chi connectivity index (χ4v) is 3.75. The van der Waals surface area contributed by atoms with Gasteiger partial charge in [-0.3, -0.25) is 9.59 Å². The number of morpholine rings is 1. The fourth-order valence-electron chi connectivity index (χ4n) is 3.49. The summed E-state index contributed by atoms with van der Waals surface area (Å²) in [5.74, 6) is -0.247. The van der Waals surface area contributed by atoms with Crippen molar-refractivity contribution in [1.29, 1.82) is 0 Å². The summed E-state index contributed by atoms with van der Waals surface area (Å²) in [7, 11) is 0. The highest BCUT2D eigenvalue weighted by Crippen LogP contribution is 2.24. The third-order valence-electron chi connectivity index (χ3n) is 5.04. The zero-order chi connectivity index (χ0) is 20.2. The molecule has 1 aliphatic rings. The van der Waals surface area contributed by atoms with Crippen LogP contribution in [0, 0.1) is 0 Å². The predicted molar refractivity (Wildman–Crippen MR) is 115 cm³/mol. The van der Waals surface area contributed by atoms with Gasteiger partial charge in [0.1, 0.15) is 11.7 Å². The summed E-state index contributed by atoms with van der Waals surface area (Å²) < 4.78 is 8.43. The van der Waals surface area contributed by atoms with Gasteiger partial charge in [0.25, 0.3) is 11.5 Å². The summed E-state index contributed by atoms with van der Waals surface area (Å²) in [6.07, 6.45) is 1.52. The van der Waals surface area contributed by atoms with Gasteiger partial charge in [-0.05, 0) is 35.4 Å². The van der Waals surface area contributed by atoms with Crippen molar-refractivity contribution in [2.75, 3.05) is 19.7 Å². The number of pyridine rings is 1. The average Bonchev–Trinajstić information content (AvgIpc) is 2.76. The zero-order valence-electron chi connectivity index (χ0n) is 15.8. The van der Waals surface area contributed by atoms with Crippen LogP contribution in [-0.2, 0) is 11.3 Å². The smallest absolute Gasteiger partial charge is 0.263 e. The topological polar surface area (TPSA) is 51.5 Å². The van der Waals surface area contributed by atoms with Gasteiger partial charge in [-0.15, -0.1) is 0 Å². The van der Waals surface area contributed by atoms with Crippen LogP contribution in [0.1, 0.15) is 27.6 Å². The molecule has 2 aromatic carbocycles. The summed E-state index contributed by atoms with van der Waals surface area (Å²) in [4.78, 5) is 27.7. The van der Waals surface area contributed by atoms with Gasteiger partial charge in [0.2, 0.25) is 0 Å². The van der Waals surface area contributed by atoms with Crippen molar-refractivity contribution in [1.82, 2.24) is 9.47 Å². The number of halogens is 1. The second-order valence-electron chi connectivity index (χ2n) is 7.00. The summed E-state index contributed by atoms with van der Waals surface area (Å²) >= 11 is 3.43. The molecule has 148 valence electrons. The Kier molecular flexibility index (Phi) is 5.92. The van der Waals surface area contributed by atoms with Gasteiger partial charge in [-0.1, -0.05) is 58.4 Å². The first-order valence-corrected chi connectivity index (χ1v) is 10.3. The Morgan fingerprint density at radius 1 is 1.03 bits per heavy atom. The van der Waals surface area contributed by atoms with Crippen molar-refractivity contribution >= 4 is 21.8 Å². The fraction of sp³-hybridized carbons (Fsp3) is 0.217. The van der Waals surface area contributed by atoms with Crippen LogP contribution in [0.3, 0.4) is 0 Å². The van der Waals surface area contributed by atoms with Gasteiger partial charge in [-0.2, -0.15) is 0 Å². The maximum atomic E-state index is 13.1. The van der Waals surface area contributed by atoms with Crippen LogP contribution < -0.4 is 5.56 Å². The van der Waals surface area contributed by atoms with E-state index in [0.29, 0.717) is 26.2 Å². The number of benzene rings is 2. The van der Waals surface area contributed by atoms with Crippen LogP contribution in [0.5, 0.6) is 0 Å². The number of hydrogen-bond donors (Lipinski definition) is 0. The lowest BCUT2D eigenvalue weighted by molar-refractivity contribution is -0.0229. The molecule has 2 heterocycles. The Labute approximate surface area is 177 Å². The number of nitrogens with zero attached hydrogens (tertiary/aromatic N) is 2. The van der Waals surface area contributed by atoms with Crippen LogP contribution in [0.4, 0.5) is 0 Å². The SMILES string of the molecule is O=C(c1cccn(Cc2ccccc2)c1=O)N1CCOC(c2ccc(Br)cc2)C1. The maximum absolute atomic E-state index is 13.1. The van der Waals surface area contributed by atoms with Crippen molar-refractivity contribution in [3.05, 3.63) is 104 Å². The first-order valence-electron chi connectivity index (χ1n) is 9.51. The van der Waals surface area contributed by atoms with Crippen LogP contribution in [0.15, 0.2) is 82.2 Å². The summed E-state index contributed by atoms with van der Waals surface area (Å²) in [5, 5.41) is 0. The van der Waals surface area contributed by atoms with E-state index in [4.69, 9.17) is 4.74 Å². The molecule has 0 radical (unpaired) electrons. The van der Waals surface area contributed by atoms with E-state index >= 15 is 0 Å². The molecule has 5 nitrogen and oxygen atoms in total. The molecule has 6 heteroatoms. The second-order valence-corrected chi connectivity index (χ2v) is 7.92. The van der Waals surface area contributed by atoms with E-state index in [1.807, 2.05) is 54.6 Å². The van der Waals surface area contributed by atoms with E-state index in [0.717, 1.165) is 15.6 Å². The predicted octanol–water partition coefficient (Wildman–Crippen LogP) is 3.87. The zero-order valence-corrected chi connectivity index (χ0v) is 17.4. The Bertz CT molecular complexity index is 1050. The molecule has 1 atom stereocenters. The van der Waals surface area contributed by atoms with Crippen LogP contribution in [0.25, 0.3) is 0 Å². The number of rotatable bonds is 4. The molecule has 4 rings (SSSR count). The normalized spacial score (nSPS) is 16.6. The van der Waals surface area contributed by atoms with Crippen LogP contribution in [0.2, 0.25) is 0 Å². The number of carbonyl (C=O) groups excluding carboxylic acids is 1. The van der Waals surface area contributed by atoms with Crippen molar-refractivity contribution in [2.24, 2.45) is 0 Å². The summed E-state index contributed by atoms with van der Waals surface area (Å²) in [6, 6.07) is 21.0. The number of amides is 1. The Balaban J connectivity index is 1.54. The number of aromatic nitrogens is 1. The maximum Gasteiger partial charge on any atom is 0.263 e. The minimum absolute atomic E-state index is 0.194. The van der Waals surface area contributed by atoms with Crippen molar-refractivity contribution in [3.63, 3.8) is 0 Å². The van der Waals surface area contributed by atoms with E-state index in [1.165, 1.54) is 0 Å². The van der Waals surface area contributed by atoms with Crippen LogP contribution in [-0.4, -0.2) is 35.1 Å². The van der Waals surface area contributed by atoms with E-state index < -0.39 is 0 Å². The largest absolute Gasteiger partial charge is 0.370 e. The Morgan fingerprint density at radius 3 is 2.55 bits per heavy atom. The lowest BCUT2D eigenvalue weighted by atomic mass is 10.1. The lowest BCUT2D eigenvalue weighted by Crippen LogP contribution is -2.44. The monoisotopic (exact) mass is 452 g/mol. The highest BCUT2D eigenvalue weighted by Gasteiger charge is 2.27. The van der Waals surface area contributed by atoms with Gasteiger partial charge in [0, 0.05) is 17.2 Å². The van der Waals surface area contributed by atoms with E-state index in [1.54, 1.807) is 27.8 Å². The van der Waals surface area contributed by atoms with Gasteiger partial charge >= 0.3 is 0 Å². The number of ether oxygens (including phenoxy) is 1. The first-order chi connectivity index (χ1) is 14.1. The minimum atomic E-state index is -0.270. The molecule has 1 aromatic heterocycles. The molecule has 1 saturated heterocycles. The highest BCUT2D eigenvalue weighted by molar-refractivity contribution is 9.10. The third kappa shape index (κ3) is 4.49. The quantitative estimate of drug-likeness (QED) is 0.603. The number of hydrogen-bond acceptors (Lipinski definition) is 3. The van der Waals surface area contributed by atoms with Gasteiger partial charge < -0.3 is 14.2 Å². The molecule has 3 aromatic rings. The number of carbonyl (C=O) groups is 1. The van der Waals surface area contributed by atoms with Crippen molar-refractivity contribution in [2.45, 2.75) is 12.6 Å². The minimum Gasteiger partial charge on any atom is -0.370 e. The Hall–Kier alpha value is -2.70.